The lowest BCUT2D eigenvalue weighted by Gasteiger charge is -2.26. The number of esters is 1. The largest absolute Gasteiger partial charge is 0.455 e. The molecule has 146 valence electrons. The standard InChI is InChI=1S/C20H20N2O5S/c1-11(23)12-9-21-16(28-10-12)15(19(26)27-20(2,3)4)22-17(24)13-7-5-6-8-14(13)18(22)25/h5-9,21H,10H2,1-4H3/b16-15+. The van der Waals surface area contributed by atoms with Crippen LogP contribution in [0.25, 0.3) is 0 Å². The van der Waals surface area contributed by atoms with Gasteiger partial charge in [0, 0.05) is 17.5 Å². The highest BCUT2D eigenvalue weighted by atomic mass is 32.2. The van der Waals surface area contributed by atoms with Gasteiger partial charge in [0.2, 0.25) is 0 Å². The first kappa shape index (κ1) is 19.9. The second-order valence-corrected chi connectivity index (χ2v) is 8.32. The molecule has 0 saturated heterocycles. The number of amides is 2. The summed E-state index contributed by atoms with van der Waals surface area (Å²) >= 11 is 1.16. The molecule has 0 atom stereocenters. The summed E-state index contributed by atoms with van der Waals surface area (Å²) in [6.45, 7) is 6.54. The van der Waals surface area contributed by atoms with Gasteiger partial charge in [-0.2, -0.15) is 0 Å². The van der Waals surface area contributed by atoms with E-state index in [1.54, 1.807) is 45.0 Å². The molecule has 8 heteroatoms. The van der Waals surface area contributed by atoms with E-state index in [2.05, 4.69) is 5.32 Å². The Kier molecular flexibility index (Phi) is 5.16. The number of fused-ring (bicyclic) bond motifs is 1. The Labute approximate surface area is 166 Å². The number of nitrogens with zero attached hydrogens (tertiary/aromatic N) is 1. The van der Waals surface area contributed by atoms with Gasteiger partial charge in [-0.15, -0.1) is 11.8 Å². The smallest absolute Gasteiger partial charge is 0.358 e. The Balaban J connectivity index is 2.07. The third kappa shape index (κ3) is 3.73. The molecule has 0 saturated carbocycles. The molecule has 2 heterocycles. The van der Waals surface area contributed by atoms with Crippen molar-refractivity contribution in [2.75, 3.05) is 5.75 Å². The Morgan fingerprint density at radius 3 is 2.11 bits per heavy atom. The number of carbonyl (C=O) groups is 4. The molecule has 2 aliphatic heterocycles. The summed E-state index contributed by atoms with van der Waals surface area (Å²) < 4.78 is 5.45. The highest BCUT2D eigenvalue weighted by Crippen LogP contribution is 2.33. The first-order valence-corrected chi connectivity index (χ1v) is 9.63. The molecule has 3 rings (SSSR count). The molecule has 0 aromatic heterocycles. The molecular weight excluding hydrogens is 380 g/mol. The van der Waals surface area contributed by atoms with Gasteiger partial charge in [0.1, 0.15) is 10.6 Å². The molecule has 0 spiro atoms. The average molecular weight is 400 g/mol. The van der Waals surface area contributed by atoms with E-state index < -0.39 is 23.4 Å². The molecule has 0 bridgehead atoms. The lowest BCUT2D eigenvalue weighted by atomic mass is 10.1. The summed E-state index contributed by atoms with van der Waals surface area (Å²) in [6, 6.07) is 6.40. The van der Waals surface area contributed by atoms with Gasteiger partial charge < -0.3 is 10.1 Å². The second kappa shape index (κ2) is 7.27. The highest BCUT2D eigenvalue weighted by Gasteiger charge is 2.43. The lowest BCUT2D eigenvalue weighted by Crippen LogP contribution is -2.39. The summed E-state index contributed by atoms with van der Waals surface area (Å²) in [5.74, 6) is -1.75. The SMILES string of the molecule is CC(=O)C1=CN/C(=C(/C(=O)OC(C)(C)C)N2C(=O)c3ccccc3C2=O)SC1. The summed E-state index contributed by atoms with van der Waals surface area (Å²) in [4.78, 5) is 51.1. The minimum absolute atomic E-state index is 0.0985. The first-order chi connectivity index (χ1) is 13.1. The van der Waals surface area contributed by atoms with Crippen molar-refractivity contribution >= 4 is 35.3 Å². The van der Waals surface area contributed by atoms with Crippen LogP contribution in [0.4, 0.5) is 0 Å². The number of imide groups is 1. The van der Waals surface area contributed by atoms with Crippen molar-refractivity contribution in [3.8, 4) is 0 Å². The number of thioether (sulfide) groups is 1. The van der Waals surface area contributed by atoms with E-state index in [0.717, 1.165) is 16.7 Å². The molecule has 2 amide bonds. The lowest BCUT2D eigenvalue weighted by molar-refractivity contribution is -0.151. The third-order valence-corrected chi connectivity index (χ3v) is 5.08. The molecule has 2 aliphatic rings. The van der Waals surface area contributed by atoms with E-state index in [4.69, 9.17) is 4.74 Å². The van der Waals surface area contributed by atoms with E-state index >= 15 is 0 Å². The van der Waals surface area contributed by atoms with E-state index in [1.165, 1.54) is 13.1 Å². The van der Waals surface area contributed by atoms with Gasteiger partial charge in [0.05, 0.1) is 11.1 Å². The molecule has 0 fully saturated rings. The molecule has 0 aliphatic carbocycles. The number of benzene rings is 1. The monoisotopic (exact) mass is 400 g/mol. The summed E-state index contributed by atoms with van der Waals surface area (Å²) in [6.07, 6.45) is 1.48. The van der Waals surface area contributed by atoms with Crippen LogP contribution in [0.1, 0.15) is 48.4 Å². The number of hydrogen-bond acceptors (Lipinski definition) is 7. The van der Waals surface area contributed by atoms with Crippen molar-refractivity contribution in [3.63, 3.8) is 0 Å². The van der Waals surface area contributed by atoms with Crippen molar-refractivity contribution in [1.29, 1.82) is 0 Å². The van der Waals surface area contributed by atoms with Crippen molar-refractivity contribution in [3.05, 3.63) is 57.9 Å². The normalized spacial score (nSPS) is 18.3. The molecule has 1 N–H and O–H groups in total. The number of ketones is 1. The quantitative estimate of drug-likeness (QED) is 0.474. The minimum Gasteiger partial charge on any atom is -0.455 e. The highest BCUT2D eigenvalue weighted by molar-refractivity contribution is 8.03. The molecule has 1 aromatic carbocycles. The van der Waals surface area contributed by atoms with Crippen molar-refractivity contribution in [1.82, 2.24) is 10.2 Å². The zero-order valence-corrected chi connectivity index (χ0v) is 16.8. The van der Waals surface area contributed by atoms with Crippen LogP contribution in [0.2, 0.25) is 0 Å². The number of nitrogens with one attached hydrogen (secondary N) is 1. The first-order valence-electron chi connectivity index (χ1n) is 8.65. The number of Topliss-reactive ketones (excluding diaryl/α,β-unsaturated/α-hetero) is 1. The maximum Gasteiger partial charge on any atom is 0.358 e. The average Bonchev–Trinajstić information content (AvgIpc) is 2.86. The van der Waals surface area contributed by atoms with Crippen LogP contribution in [0.15, 0.2) is 46.8 Å². The number of carbonyl (C=O) groups excluding carboxylic acids is 4. The van der Waals surface area contributed by atoms with Crippen LogP contribution in [-0.4, -0.2) is 39.8 Å². The maximum absolute atomic E-state index is 12.9. The van der Waals surface area contributed by atoms with Crippen LogP contribution >= 0.6 is 11.8 Å². The van der Waals surface area contributed by atoms with E-state index in [1.807, 2.05) is 0 Å². The van der Waals surface area contributed by atoms with Crippen molar-refractivity contribution in [2.45, 2.75) is 33.3 Å². The molecule has 0 unspecified atom stereocenters. The van der Waals surface area contributed by atoms with Gasteiger partial charge in [0.15, 0.2) is 11.5 Å². The van der Waals surface area contributed by atoms with Crippen LogP contribution in [0, 0.1) is 0 Å². The third-order valence-electron chi connectivity index (χ3n) is 4.03. The number of hydrogen-bond donors (Lipinski definition) is 1. The zero-order chi connectivity index (χ0) is 20.6. The predicted octanol–water partition coefficient (Wildman–Crippen LogP) is 2.60. The van der Waals surface area contributed by atoms with Crippen LogP contribution in [0.3, 0.4) is 0 Å². The van der Waals surface area contributed by atoms with Crippen molar-refractivity contribution < 1.29 is 23.9 Å². The Hall–Kier alpha value is -2.87. The minimum atomic E-state index is -0.818. The van der Waals surface area contributed by atoms with Gasteiger partial charge in [-0.3, -0.25) is 14.4 Å². The van der Waals surface area contributed by atoms with Crippen LogP contribution in [-0.2, 0) is 14.3 Å². The van der Waals surface area contributed by atoms with Crippen molar-refractivity contribution in [2.24, 2.45) is 0 Å². The van der Waals surface area contributed by atoms with E-state index in [9.17, 15) is 19.2 Å². The van der Waals surface area contributed by atoms with Gasteiger partial charge in [-0.1, -0.05) is 12.1 Å². The van der Waals surface area contributed by atoms with Gasteiger partial charge in [-0.25, -0.2) is 9.69 Å². The summed E-state index contributed by atoms with van der Waals surface area (Å²) in [5.41, 5.74) is 0.0101. The second-order valence-electron chi connectivity index (χ2n) is 7.33. The van der Waals surface area contributed by atoms with Crippen LogP contribution < -0.4 is 5.32 Å². The van der Waals surface area contributed by atoms with Gasteiger partial charge in [-0.05, 0) is 39.8 Å². The van der Waals surface area contributed by atoms with Gasteiger partial charge >= 0.3 is 5.97 Å². The summed E-state index contributed by atoms with van der Waals surface area (Å²) in [7, 11) is 0. The fourth-order valence-electron chi connectivity index (χ4n) is 2.73. The molecule has 7 nitrogen and oxygen atoms in total. The van der Waals surface area contributed by atoms with E-state index in [0.29, 0.717) is 11.3 Å². The molecule has 1 aromatic rings. The molecular formula is C20H20N2O5S. The zero-order valence-electron chi connectivity index (χ0n) is 16.0. The molecule has 0 radical (unpaired) electrons. The fraction of sp³-hybridized carbons (Fsp3) is 0.300. The Morgan fingerprint density at radius 2 is 1.68 bits per heavy atom. The maximum atomic E-state index is 12.9. The van der Waals surface area contributed by atoms with Gasteiger partial charge in [0.25, 0.3) is 11.8 Å². The van der Waals surface area contributed by atoms with Crippen LogP contribution in [0.5, 0.6) is 0 Å². The number of rotatable bonds is 3. The van der Waals surface area contributed by atoms with E-state index in [-0.39, 0.29) is 27.6 Å². The molecule has 28 heavy (non-hydrogen) atoms. The topological polar surface area (TPSA) is 92.8 Å². The Bertz CT molecular complexity index is 921. The Morgan fingerprint density at radius 1 is 1.11 bits per heavy atom. The fourth-order valence-corrected chi connectivity index (χ4v) is 3.77. The summed E-state index contributed by atoms with van der Waals surface area (Å²) in [5, 5.41) is 3.16. The predicted molar refractivity (Wildman–Crippen MR) is 104 cm³/mol. The number of ether oxygens (including phenoxy) is 1.